The van der Waals surface area contributed by atoms with Crippen molar-refractivity contribution in [1.82, 2.24) is 10.1 Å². The summed E-state index contributed by atoms with van der Waals surface area (Å²) < 4.78 is 5.34. The van der Waals surface area contributed by atoms with E-state index in [0.29, 0.717) is 18.9 Å². The van der Waals surface area contributed by atoms with E-state index in [2.05, 4.69) is 35.3 Å². The SMILES string of the molecule is Cc1cccc(Cc2noc(C3(CN)CC3)n2)c1. The molecule has 0 amide bonds. The van der Waals surface area contributed by atoms with Gasteiger partial charge >= 0.3 is 0 Å². The van der Waals surface area contributed by atoms with Crippen molar-refractivity contribution in [3.8, 4) is 0 Å². The number of aromatic nitrogens is 2. The summed E-state index contributed by atoms with van der Waals surface area (Å²) in [6, 6.07) is 8.36. The minimum absolute atomic E-state index is 0.0160. The molecule has 0 bridgehead atoms. The number of benzene rings is 1. The molecule has 0 spiro atoms. The van der Waals surface area contributed by atoms with Crippen LogP contribution in [-0.2, 0) is 11.8 Å². The molecule has 3 rings (SSSR count). The van der Waals surface area contributed by atoms with Crippen LogP contribution in [0.25, 0.3) is 0 Å². The van der Waals surface area contributed by atoms with E-state index in [-0.39, 0.29) is 5.41 Å². The zero-order valence-electron chi connectivity index (χ0n) is 10.5. The van der Waals surface area contributed by atoms with E-state index in [1.807, 2.05) is 6.07 Å². The van der Waals surface area contributed by atoms with Crippen LogP contribution in [0.2, 0.25) is 0 Å². The van der Waals surface area contributed by atoms with Crippen LogP contribution in [0.15, 0.2) is 28.8 Å². The molecule has 1 aromatic carbocycles. The van der Waals surface area contributed by atoms with Gasteiger partial charge in [-0.2, -0.15) is 4.98 Å². The van der Waals surface area contributed by atoms with Gasteiger partial charge in [0.15, 0.2) is 5.82 Å². The third-order valence-corrected chi connectivity index (χ3v) is 3.61. The van der Waals surface area contributed by atoms with Crippen molar-refractivity contribution in [2.24, 2.45) is 5.73 Å². The third-order valence-electron chi connectivity index (χ3n) is 3.61. The number of nitrogens with zero attached hydrogens (tertiary/aromatic N) is 2. The van der Waals surface area contributed by atoms with Gasteiger partial charge in [-0.1, -0.05) is 35.0 Å². The lowest BCUT2D eigenvalue weighted by Crippen LogP contribution is -2.20. The predicted octanol–water partition coefficient (Wildman–Crippen LogP) is 1.96. The van der Waals surface area contributed by atoms with Crippen LogP contribution in [0.5, 0.6) is 0 Å². The first-order valence-corrected chi connectivity index (χ1v) is 6.30. The van der Waals surface area contributed by atoms with E-state index < -0.39 is 0 Å². The molecule has 1 aliphatic carbocycles. The number of hydrogen-bond acceptors (Lipinski definition) is 4. The zero-order chi connectivity index (χ0) is 12.6. The van der Waals surface area contributed by atoms with Gasteiger partial charge in [0.2, 0.25) is 5.89 Å². The summed E-state index contributed by atoms with van der Waals surface area (Å²) in [6.07, 6.45) is 2.84. The van der Waals surface area contributed by atoms with E-state index in [9.17, 15) is 0 Å². The molecule has 2 N–H and O–H groups in total. The second-order valence-corrected chi connectivity index (χ2v) is 5.17. The van der Waals surface area contributed by atoms with Crippen LogP contribution in [0, 0.1) is 6.92 Å². The zero-order valence-corrected chi connectivity index (χ0v) is 10.5. The van der Waals surface area contributed by atoms with E-state index in [0.717, 1.165) is 18.7 Å². The Labute approximate surface area is 106 Å². The quantitative estimate of drug-likeness (QED) is 0.891. The van der Waals surface area contributed by atoms with Gasteiger partial charge in [0.25, 0.3) is 0 Å². The standard InChI is InChI=1S/C14H17N3O/c1-10-3-2-4-11(7-10)8-12-16-13(18-17-12)14(9-15)5-6-14/h2-4,7H,5-6,8-9,15H2,1H3. The fraction of sp³-hybridized carbons (Fsp3) is 0.429. The molecule has 0 atom stereocenters. The fourth-order valence-electron chi connectivity index (χ4n) is 2.20. The maximum atomic E-state index is 5.75. The molecule has 1 heterocycles. The number of hydrogen-bond donors (Lipinski definition) is 1. The van der Waals surface area contributed by atoms with Gasteiger partial charge in [-0.15, -0.1) is 0 Å². The number of aryl methyl sites for hydroxylation is 1. The molecule has 1 fully saturated rings. The van der Waals surface area contributed by atoms with Gasteiger partial charge in [0, 0.05) is 13.0 Å². The van der Waals surface area contributed by atoms with Crippen LogP contribution >= 0.6 is 0 Å². The minimum Gasteiger partial charge on any atom is -0.339 e. The highest BCUT2D eigenvalue weighted by Crippen LogP contribution is 2.46. The average molecular weight is 243 g/mol. The molecule has 0 unspecified atom stereocenters. The number of rotatable bonds is 4. The van der Waals surface area contributed by atoms with E-state index in [4.69, 9.17) is 10.3 Å². The Bertz CT molecular complexity index is 558. The lowest BCUT2D eigenvalue weighted by atomic mass is 10.1. The summed E-state index contributed by atoms with van der Waals surface area (Å²) in [6.45, 7) is 2.68. The topological polar surface area (TPSA) is 64.9 Å². The Morgan fingerprint density at radius 3 is 2.89 bits per heavy atom. The Balaban J connectivity index is 1.78. The molecule has 1 saturated carbocycles. The molecule has 0 radical (unpaired) electrons. The van der Waals surface area contributed by atoms with Crippen LogP contribution < -0.4 is 5.73 Å². The van der Waals surface area contributed by atoms with Crippen LogP contribution in [0.1, 0.15) is 35.7 Å². The summed E-state index contributed by atoms with van der Waals surface area (Å²) in [4.78, 5) is 4.48. The van der Waals surface area contributed by atoms with Crippen molar-refractivity contribution < 1.29 is 4.52 Å². The highest BCUT2D eigenvalue weighted by atomic mass is 16.5. The summed E-state index contributed by atoms with van der Waals surface area (Å²) in [5.41, 5.74) is 8.19. The fourth-order valence-corrected chi connectivity index (χ4v) is 2.20. The highest BCUT2D eigenvalue weighted by molar-refractivity contribution is 5.25. The molecule has 4 heteroatoms. The number of nitrogens with two attached hydrogens (primary N) is 1. The molecular formula is C14H17N3O. The third kappa shape index (κ3) is 2.04. The van der Waals surface area contributed by atoms with E-state index >= 15 is 0 Å². The Morgan fingerprint density at radius 2 is 2.22 bits per heavy atom. The first-order chi connectivity index (χ1) is 8.72. The molecule has 2 aromatic rings. The summed E-state index contributed by atoms with van der Waals surface area (Å²) in [5.74, 6) is 1.46. The lowest BCUT2D eigenvalue weighted by molar-refractivity contribution is 0.344. The first-order valence-electron chi connectivity index (χ1n) is 6.30. The van der Waals surface area contributed by atoms with Crippen molar-refractivity contribution in [3.05, 3.63) is 47.1 Å². The van der Waals surface area contributed by atoms with Gasteiger partial charge in [0.1, 0.15) is 0 Å². The van der Waals surface area contributed by atoms with Crippen molar-refractivity contribution in [2.45, 2.75) is 31.6 Å². The smallest absolute Gasteiger partial charge is 0.234 e. The molecular weight excluding hydrogens is 226 g/mol. The van der Waals surface area contributed by atoms with Crippen molar-refractivity contribution in [1.29, 1.82) is 0 Å². The molecule has 18 heavy (non-hydrogen) atoms. The normalized spacial score (nSPS) is 16.8. The first kappa shape index (κ1) is 11.4. The highest BCUT2D eigenvalue weighted by Gasteiger charge is 2.48. The maximum absolute atomic E-state index is 5.75. The van der Waals surface area contributed by atoms with Gasteiger partial charge in [-0.3, -0.25) is 0 Å². The molecule has 0 saturated heterocycles. The van der Waals surface area contributed by atoms with Crippen LogP contribution in [0.3, 0.4) is 0 Å². The summed E-state index contributed by atoms with van der Waals surface area (Å²) in [5, 5.41) is 4.05. The molecule has 94 valence electrons. The molecule has 0 aliphatic heterocycles. The summed E-state index contributed by atoms with van der Waals surface area (Å²) >= 11 is 0. The Kier molecular flexibility index (Phi) is 2.67. The molecule has 1 aromatic heterocycles. The van der Waals surface area contributed by atoms with Crippen molar-refractivity contribution in [3.63, 3.8) is 0 Å². The van der Waals surface area contributed by atoms with Gasteiger partial charge in [-0.25, -0.2) is 0 Å². The second-order valence-electron chi connectivity index (χ2n) is 5.17. The van der Waals surface area contributed by atoms with Crippen LogP contribution in [0.4, 0.5) is 0 Å². The Morgan fingerprint density at radius 1 is 1.39 bits per heavy atom. The average Bonchev–Trinajstić information content (AvgIpc) is 3.03. The summed E-state index contributed by atoms with van der Waals surface area (Å²) in [7, 11) is 0. The molecule has 4 nitrogen and oxygen atoms in total. The van der Waals surface area contributed by atoms with E-state index in [1.54, 1.807) is 0 Å². The minimum atomic E-state index is -0.0160. The van der Waals surface area contributed by atoms with E-state index in [1.165, 1.54) is 11.1 Å². The van der Waals surface area contributed by atoms with Gasteiger partial charge in [0.05, 0.1) is 5.41 Å². The van der Waals surface area contributed by atoms with Crippen LogP contribution in [-0.4, -0.2) is 16.7 Å². The second kappa shape index (κ2) is 4.21. The molecule has 1 aliphatic rings. The van der Waals surface area contributed by atoms with Gasteiger partial charge < -0.3 is 10.3 Å². The van der Waals surface area contributed by atoms with Crippen molar-refractivity contribution in [2.75, 3.05) is 6.54 Å². The maximum Gasteiger partial charge on any atom is 0.234 e. The monoisotopic (exact) mass is 243 g/mol. The lowest BCUT2D eigenvalue weighted by Gasteiger charge is -2.03. The predicted molar refractivity (Wildman–Crippen MR) is 68.2 cm³/mol. The largest absolute Gasteiger partial charge is 0.339 e. The van der Waals surface area contributed by atoms with Gasteiger partial charge in [-0.05, 0) is 25.3 Å². The Hall–Kier alpha value is -1.68. The van der Waals surface area contributed by atoms with Crippen molar-refractivity contribution >= 4 is 0 Å².